The molecule has 0 aromatic heterocycles. The smallest absolute Gasteiger partial charge is 0.340 e. The summed E-state index contributed by atoms with van der Waals surface area (Å²) in [6.45, 7) is 4.37. The molecule has 0 radical (unpaired) electrons. The monoisotopic (exact) mass is 436 g/mol. The molecular formula is C26H45O3P. The van der Waals surface area contributed by atoms with Gasteiger partial charge in [0.25, 0.3) is 0 Å². The number of ether oxygens (including phenoxy) is 1. The van der Waals surface area contributed by atoms with Crippen LogP contribution in [0.1, 0.15) is 116 Å². The minimum atomic E-state index is -0.504. The van der Waals surface area contributed by atoms with Crippen molar-refractivity contribution in [2.45, 2.75) is 123 Å². The lowest BCUT2D eigenvalue weighted by molar-refractivity contribution is -0.142. The molecule has 2 atom stereocenters. The van der Waals surface area contributed by atoms with Gasteiger partial charge >= 0.3 is 5.97 Å². The van der Waals surface area contributed by atoms with Gasteiger partial charge in [0.2, 0.25) is 0 Å². The molecule has 0 saturated carbocycles. The van der Waals surface area contributed by atoms with E-state index in [0.717, 1.165) is 19.3 Å². The summed E-state index contributed by atoms with van der Waals surface area (Å²) in [5.41, 5.74) is 1.31. The van der Waals surface area contributed by atoms with Crippen LogP contribution in [0, 0.1) is 0 Å². The van der Waals surface area contributed by atoms with Crippen LogP contribution in [-0.4, -0.2) is 12.1 Å². The van der Waals surface area contributed by atoms with Crippen molar-refractivity contribution < 1.29 is 14.1 Å². The Morgan fingerprint density at radius 1 is 0.767 bits per heavy atom. The number of carbonyl (C=O) groups excluding carboxylic acids is 1. The molecule has 0 saturated heterocycles. The average Bonchev–Trinajstić information content (AvgIpc) is 2.76. The third kappa shape index (κ3) is 13.4. The van der Waals surface area contributed by atoms with E-state index in [1.807, 2.05) is 12.1 Å². The molecule has 4 heteroatoms. The molecule has 2 unspecified atom stereocenters. The molecule has 0 spiro atoms. The van der Waals surface area contributed by atoms with Crippen molar-refractivity contribution in [3.05, 3.63) is 29.8 Å². The first-order valence-electron chi connectivity index (χ1n) is 12.4. The first kappa shape index (κ1) is 27.1. The number of rotatable bonds is 19. The fourth-order valence-electron chi connectivity index (χ4n) is 3.71. The van der Waals surface area contributed by atoms with Crippen LogP contribution in [0.25, 0.3) is 0 Å². The van der Waals surface area contributed by atoms with Crippen molar-refractivity contribution >= 4 is 15.4 Å². The molecule has 0 aliphatic heterocycles. The molecule has 0 aliphatic rings. The molecule has 0 aliphatic carbocycles. The van der Waals surface area contributed by atoms with E-state index in [1.54, 1.807) is 0 Å². The Morgan fingerprint density at radius 2 is 1.27 bits per heavy atom. The molecule has 1 aromatic carbocycles. The van der Waals surface area contributed by atoms with Gasteiger partial charge in [-0.2, -0.15) is 0 Å². The van der Waals surface area contributed by atoms with Crippen LogP contribution < -0.4 is 4.74 Å². The van der Waals surface area contributed by atoms with Gasteiger partial charge in [0, 0.05) is 9.47 Å². The van der Waals surface area contributed by atoms with Crippen molar-refractivity contribution in [1.29, 1.82) is 0 Å². The second-order valence-electron chi connectivity index (χ2n) is 8.47. The number of carbonyl (C=O) groups is 1. The lowest BCUT2D eigenvalue weighted by Gasteiger charge is -2.13. The largest absolute Gasteiger partial charge is 0.425 e. The molecule has 1 aromatic rings. The Bertz CT molecular complexity index is 530. The Kier molecular flexibility index (Phi) is 17.0. The van der Waals surface area contributed by atoms with Gasteiger partial charge in [0.05, 0.1) is 0 Å². The van der Waals surface area contributed by atoms with Crippen LogP contribution in [0.2, 0.25) is 0 Å². The molecular weight excluding hydrogens is 391 g/mol. The standard InChI is InChI=1S/C26H45O3P/c1-3-5-7-8-9-10-11-12-13-14-15-16-17-23-19-21-24(22-20-23)28-26(27)25(29-30)18-6-4-2/h19-22,25H,3-18,30H2,1-2H3. The summed E-state index contributed by atoms with van der Waals surface area (Å²) >= 11 is 0. The Balaban J connectivity index is 2.09. The van der Waals surface area contributed by atoms with Crippen molar-refractivity contribution in [1.82, 2.24) is 0 Å². The van der Waals surface area contributed by atoms with Crippen molar-refractivity contribution in [2.75, 3.05) is 0 Å². The third-order valence-corrected chi connectivity index (χ3v) is 6.04. The summed E-state index contributed by atoms with van der Waals surface area (Å²) in [6.07, 6.45) is 19.8. The Hall–Kier alpha value is -0.920. The van der Waals surface area contributed by atoms with Gasteiger partial charge in [-0.15, -0.1) is 0 Å². The Labute approximate surface area is 188 Å². The second-order valence-corrected chi connectivity index (χ2v) is 8.74. The molecule has 0 amide bonds. The van der Waals surface area contributed by atoms with E-state index < -0.39 is 6.10 Å². The second kappa shape index (κ2) is 18.8. The van der Waals surface area contributed by atoms with E-state index in [4.69, 9.17) is 9.26 Å². The highest BCUT2D eigenvalue weighted by atomic mass is 31.0. The predicted molar refractivity (Wildman–Crippen MR) is 131 cm³/mol. The van der Waals surface area contributed by atoms with Gasteiger partial charge in [-0.25, -0.2) is 4.79 Å². The van der Waals surface area contributed by atoms with Crippen LogP contribution >= 0.6 is 9.47 Å². The van der Waals surface area contributed by atoms with Crippen LogP contribution in [0.15, 0.2) is 24.3 Å². The van der Waals surface area contributed by atoms with Crippen molar-refractivity contribution in [2.24, 2.45) is 0 Å². The topological polar surface area (TPSA) is 35.5 Å². The first-order valence-corrected chi connectivity index (χ1v) is 12.8. The molecule has 3 nitrogen and oxygen atoms in total. The highest BCUT2D eigenvalue weighted by Gasteiger charge is 2.19. The van der Waals surface area contributed by atoms with E-state index in [1.165, 1.54) is 82.6 Å². The minimum absolute atomic E-state index is 0.313. The van der Waals surface area contributed by atoms with E-state index in [0.29, 0.717) is 12.2 Å². The summed E-state index contributed by atoms with van der Waals surface area (Å²) in [6, 6.07) is 7.94. The molecule has 30 heavy (non-hydrogen) atoms. The number of esters is 1. The Morgan fingerprint density at radius 3 is 1.77 bits per heavy atom. The maximum absolute atomic E-state index is 12.2. The third-order valence-electron chi connectivity index (χ3n) is 5.71. The van der Waals surface area contributed by atoms with E-state index >= 15 is 0 Å². The van der Waals surface area contributed by atoms with Gasteiger partial charge < -0.3 is 9.26 Å². The summed E-state index contributed by atoms with van der Waals surface area (Å²) in [7, 11) is 2.18. The lowest BCUT2D eigenvalue weighted by Crippen LogP contribution is -2.26. The zero-order valence-corrected chi connectivity index (χ0v) is 20.7. The molecule has 0 fully saturated rings. The number of aryl methyl sites for hydroxylation is 1. The highest BCUT2D eigenvalue weighted by molar-refractivity contribution is 7.09. The van der Waals surface area contributed by atoms with Gasteiger partial charge in [0.15, 0.2) is 6.10 Å². The van der Waals surface area contributed by atoms with E-state index in [-0.39, 0.29) is 5.97 Å². The van der Waals surface area contributed by atoms with E-state index in [2.05, 4.69) is 35.4 Å². The van der Waals surface area contributed by atoms with Crippen molar-refractivity contribution in [3.63, 3.8) is 0 Å². The van der Waals surface area contributed by atoms with Crippen LogP contribution in [-0.2, 0) is 15.7 Å². The summed E-state index contributed by atoms with van der Waals surface area (Å²) in [5, 5.41) is 0. The normalized spacial score (nSPS) is 12.1. The first-order chi connectivity index (χ1) is 14.7. The number of hydrogen-bond acceptors (Lipinski definition) is 3. The van der Waals surface area contributed by atoms with Gasteiger partial charge in [-0.3, -0.25) is 0 Å². The minimum Gasteiger partial charge on any atom is -0.425 e. The van der Waals surface area contributed by atoms with Crippen LogP contribution in [0.4, 0.5) is 0 Å². The predicted octanol–water partition coefficient (Wildman–Crippen LogP) is 8.20. The average molecular weight is 437 g/mol. The zero-order valence-electron chi connectivity index (χ0n) is 19.5. The maximum atomic E-state index is 12.2. The fourth-order valence-corrected chi connectivity index (χ4v) is 3.95. The fraction of sp³-hybridized carbons (Fsp3) is 0.731. The quantitative estimate of drug-likeness (QED) is 0.0948. The number of unbranched alkanes of at least 4 members (excludes halogenated alkanes) is 12. The van der Waals surface area contributed by atoms with Crippen molar-refractivity contribution in [3.8, 4) is 5.75 Å². The molecule has 0 heterocycles. The van der Waals surface area contributed by atoms with Gasteiger partial charge in [-0.05, 0) is 37.0 Å². The molecule has 0 bridgehead atoms. The SMILES string of the molecule is CCCCCCCCCCCCCCc1ccc(OC(=O)C(CCCC)OP)cc1. The number of benzene rings is 1. The highest BCUT2D eigenvalue weighted by Crippen LogP contribution is 2.18. The summed E-state index contributed by atoms with van der Waals surface area (Å²) in [5.74, 6) is 0.286. The maximum Gasteiger partial charge on any atom is 0.340 e. The number of hydrogen-bond donors (Lipinski definition) is 0. The van der Waals surface area contributed by atoms with Gasteiger partial charge in [0.1, 0.15) is 5.75 Å². The molecule has 0 N–H and O–H groups in total. The van der Waals surface area contributed by atoms with Crippen LogP contribution in [0.3, 0.4) is 0 Å². The van der Waals surface area contributed by atoms with E-state index in [9.17, 15) is 4.79 Å². The van der Waals surface area contributed by atoms with Gasteiger partial charge in [-0.1, -0.05) is 109 Å². The summed E-state index contributed by atoms with van der Waals surface area (Å²) in [4.78, 5) is 12.2. The summed E-state index contributed by atoms with van der Waals surface area (Å²) < 4.78 is 10.6. The van der Waals surface area contributed by atoms with Crippen LogP contribution in [0.5, 0.6) is 5.75 Å². The molecule has 172 valence electrons. The molecule has 1 rings (SSSR count). The lowest BCUT2D eigenvalue weighted by atomic mass is 10.0. The zero-order chi connectivity index (χ0) is 21.9.